The van der Waals surface area contributed by atoms with E-state index in [2.05, 4.69) is 156 Å². The van der Waals surface area contributed by atoms with Crippen LogP contribution in [0.2, 0.25) is 0 Å². The number of fused-ring (bicyclic) bond motifs is 12. The largest absolute Gasteiger partial charge is 0.455 e. The Labute approximate surface area is 321 Å². The second-order valence-electron chi connectivity index (χ2n) is 14.6. The maximum absolute atomic E-state index is 6.97. The molecule has 3 heterocycles. The first kappa shape index (κ1) is 31.0. The number of rotatable bonds is 4. The third kappa shape index (κ3) is 4.58. The quantitative estimate of drug-likeness (QED) is 0.170. The van der Waals surface area contributed by atoms with Gasteiger partial charge in [0, 0.05) is 49.3 Å². The molecule has 0 saturated heterocycles. The van der Waals surface area contributed by atoms with E-state index in [9.17, 15) is 0 Å². The number of nitrogens with zero attached hydrogens (tertiary/aromatic N) is 4. The summed E-state index contributed by atoms with van der Waals surface area (Å²) in [6, 6.07) is 55.4. The predicted molar refractivity (Wildman–Crippen MR) is 230 cm³/mol. The summed E-state index contributed by atoms with van der Waals surface area (Å²) in [5, 5.41) is 8.89. The summed E-state index contributed by atoms with van der Waals surface area (Å²) in [7, 11) is 0. The lowest BCUT2D eigenvalue weighted by Crippen LogP contribution is -2.01. The fourth-order valence-electron chi connectivity index (χ4n) is 9.00. The van der Waals surface area contributed by atoms with Crippen molar-refractivity contribution in [1.82, 2.24) is 19.5 Å². The number of aryl methyl sites for hydroxylation is 1. The molecule has 8 aromatic carbocycles. The molecular weight excluding hydrogens is 685 g/mol. The molecule has 0 N–H and O–H groups in total. The predicted octanol–water partition coefficient (Wildman–Crippen LogP) is 13.1. The molecule has 0 amide bonds. The number of allylic oxidation sites excluding steroid dienone is 1. The van der Waals surface area contributed by atoms with Crippen molar-refractivity contribution >= 4 is 71.4 Å². The molecule has 0 unspecified atom stereocenters. The monoisotopic (exact) mass is 716 g/mol. The van der Waals surface area contributed by atoms with Crippen LogP contribution in [-0.2, 0) is 6.42 Å². The van der Waals surface area contributed by atoms with Crippen LogP contribution in [0.4, 0.5) is 0 Å². The van der Waals surface area contributed by atoms with Crippen LogP contribution in [0.5, 0.6) is 0 Å². The molecule has 0 atom stereocenters. The Balaban J connectivity index is 1.21. The summed E-state index contributed by atoms with van der Waals surface area (Å²) >= 11 is 0. The molecule has 11 aromatic rings. The van der Waals surface area contributed by atoms with Crippen molar-refractivity contribution in [2.24, 2.45) is 0 Å². The van der Waals surface area contributed by atoms with Crippen LogP contribution in [-0.4, -0.2) is 19.5 Å². The number of para-hydroxylation sites is 2. The Morgan fingerprint density at radius 2 is 1.21 bits per heavy atom. The van der Waals surface area contributed by atoms with E-state index in [1.165, 1.54) is 16.5 Å². The molecule has 0 spiro atoms. The molecule has 3 aromatic heterocycles. The summed E-state index contributed by atoms with van der Waals surface area (Å²) in [4.78, 5) is 16.1. The smallest absolute Gasteiger partial charge is 0.164 e. The number of hydrogen-bond donors (Lipinski definition) is 0. The second kappa shape index (κ2) is 12.1. The average Bonchev–Trinajstić information content (AvgIpc) is 3.83. The van der Waals surface area contributed by atoms with Gasteiger partial charge in [0.05, 0.1) is 11.0 Å². The van der Waals surface area contributed by atoms with Gasteiger partial charge in [-0.25, -0.2) is 15.0 Å². The van der Waals surface area contributed by atoms with Gasteiger partial charge in [0.15, 0.2) is 17.5 Å². The lowest BCUT2D eigenvalue weighted by atomic mass is 9.90. The number of benzene rings is 8. The Kier molecular flexibility index (Phi) is 6.69. The first-order valence-electron chi connectivity index (χ1n) is 19.2. The number of aromatic nitrogens is 4. The standard InChI is InChI=1S/C51H32N4O/c1-3-16-33(17-4-1)49-52-50(39-23-13-25-42-45(39)38-22-11-12-24-41(38)55(42)35-18-5-2-6-19-35)54-51(53-49)40-30-34-27-26-31-14-7-9-20-36(31)44(34)48-47(40)46-37-21-10-8-15-32(37)28-29-43(46)56-48/h1-7,9-14,16-30H,8,15H2. The van der Waals surface area contributed by atoms with E-state index in [0.29, 0.717) is 17.5 Å². The maximum Gasteiger partial charge on any atom is 0.164 e. The highest BCUT2D eigenvalue weighted by Gasteiger charge is 2.25. The molecule has 12 rings (SSSR count). The fraction of sp³-hybridized carbons (Fsp3) is 0.0392. The van der Waals surface area contributed by atoms with E-state index in [1.54, 1.807) is 0 Å². The summed E-state index contributed by atoms with van der Waals surface area (Å²) < 4.78 is 9.31. The van der Waals surface area contributed by atoms with E-state index >= 15 is 0 Å². The Morgan fingerprint density at radius 1 is 0.500 bits per heavy atom. The van der Waals surface area contributed by atoms with Crippen molar-refractivity contribution < 1.29 is 4.42 Å². The molecule has 1 aliphatic rings. The van der Waals surface area contributed by atoms with Crippen molar-refractivity contribution in [3.05, 3.63) is 175 Å². The second-order valence-corrected chi connectivity index (χ2v) is 14.6. The lowest BCUT2D eigenvalue weighted by Gasteiger charge is -2.14. The van der Waals surface area contributed by atoms with Gasteiger partial charge in [0.1, 0.15) is 11.2 Å². The van der Waals surface area contributed by atoms with Gasteiger partial charge in [-0.3, -0.25) is 0 Å². The van der Waals surface area contributed by atoms with Gasteiger partial charge in [0.25, 0.3) is 0 Å². The highest BCUT2D eigenvalue weighted by atomic mass is 16.3. The van der Waals surface area contributed by atoms with Gasteiger partial charge in [0.2, 0.25) is 0 Å². The molecule has 0 aliphatic heterocycles. The van der Waals surface area contributed by atoms with Gasteiger partial charge in [-0.15, -0.1) is 0 Å². The van der Waals surface area contributed by atoms with E-state index < -0.39 is 0 Å². The molecule has 0 fully saturated rings. The average molecular weight is 717 g/mol. The SMILES string of the molecule is C1=Cc2c(ccc3oc4c(c(-c5nc(-c6ccccc6)nc(-c6cccc7c6c6ccccc6n7-c6ccccc6)n5)cc5ccc6ccccc6c54)c23)CC1. The summed E-state index contributed by atoms with van der Waals surface area (Å²) in [5.41, 5.74) is 10.4. The fourth-order valence-corrected chi connectivity index (χ4v) is 9.00. The normalized spacial score (nSPS) is 12.8. The summed E-state index contributed by atoms with van der Waals surface area (Å²) in [6.45, 7) is 0. The summed E-state index contributed by atoms with van der Waals surface area (Å²) in [5.74, 6) is 1.85. The van der Waals surface area contributed by atoms with Gasteiger partial charge < -0.3 is 8.98 Å². The number of furan rings is 1. The zero-order chi connectivity index (χ0) is 36.7. The van der Waals surface area contributed by atoms with Gasteiger partial charge in [-0.05, 0) is 76.5 Å². The molecule has 5 nitrogen and oxygen atoms in total. The van der Waals surface area contributed by atoms with Crippen LogP contribution in [0.3, 0.4) is 0 Å². The molecule has 0 saturated carbocycles. The molecule has 5 heteroatoms. The number of hydrogen-bond acceptors (Lipinski definition) is 4. The third-order valence-corrected chi connectivity index (χ3v) is 11.5. The van der Waals surface area contributed by atoms with Crippen LogP contribution in [0.15, 0.2) is 168 Å². The highest BCUT2D eigenvalue weighted by molar-refractivity contribution is 6.28. The molecule has 0 bridgehead atoms. The van der Waals surface area contributed by atoms with Gasteiger partial charge in [-0.1, -0.05) is 133 Å². The van der Waals surface area contributed by atoms with E-state index in [0.717, 1.165) is 95.1 Å². The Hall–Kier alpha value is -7.37. The third-order valence-electron chi connectivity index (χ3n) is 11.5. The Morgan fingerprint density at radius 3 is 2.09 bits per heavy atom. The molecule has 56 heavy (non-hydrogen) atoms. The molecule has 0 radical (unpaired) electrons. The van der Waals surface area contributed by atoms with Crippen molar-refractivity contribution in [3.8, 4) is 39.9 Å². The van der Waals surface area contributed by atoms with E-state index in [4.69, 9.17) is 19.4 Å². The topological polar surface area (TPSA) is 56.7 Å². The van der Waals surface area contributed by atoms with Crippen molar-refractivity contribution in [3.63, 3.8) is 0 Å². The van der Waals surface area contributed by atoms with Crippen LogP contribution >= 0.6 is 0 Å². The van der Waals surface area contributed by atoms with Crippen molar-refractivity contribution in [1.29, 1.82) is 0 Å². The first-order valence-corrected chi connectivity index (χ1v) is 19.2. The van der Waals surface area contributed by atoms with Crippen LogP contribution in [0.25, 0.3) is 111 Å². The zero-order valence-electron chi connectivity index (χ0n) is 30.3. The van der Waals surface area contributed by atoms with Gasteiger partial charge >= 0.3 is 0 Å². The lowest BCUT2D eigenvalue weighted by molar-refractivity contribution is 0.672. The highest BCUT2D eigenvalue weighted by Crippen LogP contribution is 2.46. The van der Waals surface area contributed by atoms with Gasteiger partial charge in [-0.2, -0.15) is 0 Å². The first-order chi connectivity index (χ1) is 27.8. The van der Waals surface area contributed by atoms with Crippen LogP contribution in [0, 0.1) is 0 Å². The van der Waals surface area contributed by atoms with Crippen LogP contribution < -0.4 is 0 Å². The van der Waals surface area contributed by atoms with E-state index in [-0.39, 0.29) is 0 Å². The minimum Gasteiger partial charge on any atom is -0.455 e. The van der Waals surface area contributed by atoms with Crippen molar-refractivity contribution in [2.45, 2.75) is 12.8 Å². The summed E-state index contributed by atoms with van der Waals surface area (Å²) in [6.07, 6.45) is 6.57. The van der Waals surface area contributed by atoms with E-state index in [1.807, 2.05) is 18.2 Å². The maximum atomic E-state index is 6.97. The molecule has 1 aliphatic carbocycles. The minimum atomic E-state index is 0.609. The molecular formula is C51H32N4O. The Bertz CT molecular complexity index is 3410. The van der Waals surface area contributed by atoms with Crippen LogP contribution in [0.1, 0.15) is 17.5 Å². The van der Waals surface area contributed by atoms with Crippen molar-refractivity contribution in [2.75, 3.05) is 0 Å². The molecule has 262 valence electrons. The zero-order valence-corrected chi connectivity index (χ0v) is 30.3. The minimum absolute atomic E-state index is 0.609.